The third-order valence-corrected chi connectivity index (χ3v) is 5.72. The summed E-state index contributed by atoms with van der Waals surface area (Å²) in [7, 11) is 1.74. The normalized spacial score (nSPS) is 18.2. The molecule has 0 aromatic carbocycles. The SMILES string of the molecule is CN=C(NCC(=O)NC(C)(C)C)NCC(c1cccs1)N1CCC(C)CC1. The van der Waals surface area contributed by atoms with Gasteiger partial charge in [-0.1, -0.05) is 13.0 Å². The molecule has 6 nitrogen and oxygen atoms in total. The number of rotatable bonds is 6. The van der Waals surface area contributed by atoms with Gasteiger partial charge < -0.3 is 16.0 Å². The second kappa shape index (κ2) is 10.1. The van der Waals surface area contributed by atoms with E-state index in [2.05, 4.69) is 50.3 Å². The fourth-order valence-corrected chi connectivity index (χ4v) is 4.13. The van der Waals surface area contributed by atoms with Gasteiger partial charge in [0.2, 0.25) is 5.91 Å². The molecule has 1 aliphatic rings. The van der Waals surface area contributed by atoms with Crippen LogP contribution in [-0.2, 0) is 4.79 Å². The number of nitrogens with one attached hydrogen (secondary N) is 3. The molecule has 152 valence electrons. The lowest BCUT2D eigenvalue weighted by Crippen LogP contribution is -2.49. The van der Waals surface area contributed by atoms with Crippen LogP contribution in [0, 0.1) is 5.92 Å². The maximum atomic E-state index is 12.0. The van der Waals surface area contributed by atoms with Crippen LogP contribution < -0.4 is 16.0 Å². The molecule has 27 heavy (non-hydrogen) atoms. The highest BCUT2D eigenvalue weighted by atomic mass is 32.1. The Bertz CT molecular complexity index is 600. The van der Waals surface area contributed by atoms with Gasteiger partial charge in [-0.25, -0.2) is 0 Å². The third kappa shape index (κ3) is 7.50. The first-order valence-corrected chi connectivity index (χ1v) is 10.7. The average molecular weight is 394 g/mol. The topological polar surface area (TPSA) is 68.8 Å². The molecule has 7 heteroatoms. The van der Waals surface area contributed by atoms with E-state index < -0.39 is 0 Å². The summed E-state index contributed by atoms with van der Waals surface area (Å²) in [6.07, 6.45) is 2.50. The summed E-state index contributed by atoms with van der Waals surface area (Å²) in [6, 6.07) is 4.66. The quantitative estimate of drug-likeness (QED) is 0.513. The predicted molar refractivity (Wildman–Crippen MR) is 114 cm³/mol. The standard InChI is InChI=1S/C20H35N5OS/c1-15-8-10-25(11-9-15)16(17-7-6-12-27-17)13-22-19(21-5)23-14-18(26)24-20(2,3)4/h6-7,12,15-16H,8-11,13-14H2,1-5H3,(H,24,26)(H2,21,22,23). The van der Waals surface area contributed by atoms with Crippen LogP contribution in [0.5, 0.6) is 0 Å². The molecular formula is C20H35N5OS. The van der Waals surface area contributed by atoms with Crippen molar-refractivity contribution >= 4 is 23.2 Å². The maximum Gasteiger partial charge on any atom is 0.239 e. The van der Waals surface area contributed by atoms with Crippen LogP contribution in [0.3, 0.4) is 0 Å². The van der Waals surface area contributed by atoms with E-state index in [-0.39, 0.29) is 18.0 Å². The molecule has 0 aliphatic carbocycles. The second-order valence-electron chi connectivity index (χ2n) is 8.35. The Labute approximate surface area is 167 Å². The van der Waals surface area contributed by atoms with E-state index in [9.17, 15) is 4.79 Å². The minimum atomic E-state index is -0.231. The molecular weight excluding hydrogens is 358 g/mol. The number of guanidine groups is 1. The van der Waals surface area contributed by atoms with Gasteiger partial charge in [-0.15, -0.1) is 11.3 Å². The fraction of sp³-hybridized carbons (Fsp3) is 0.700. The first-order chi connectivity index (χ1) is 12.8. The Balaban J connectivity index is 1.90. The van der Waals surface area contributed by atoms with Crippen LogP contribution in [0.4, 0.5) is 0 Å². The number of carbonyl (C=O) groups excluding carboxylic acids is 1. The molecule has 3 N–H and O–H groups in total. The number of amides is 1. The predicted octanol–water partition coefficient (Wildman–Crippen LogP) is 2.60. The molecule has 1 saturated heterocycles. The molecule has 0 spiro atoms. The minimum absolute atomic E-state index is 0.0368. The van der Waals surface area contributed by atoms with E-state index in [0.717, 1.165) is 25.6 Å². The number of thiophene rings is 1. The second-order valence-corrected chi connectivity index (χ2v) is 9.33. The zero-order valence-electron chi connectivity index (χ0n) is 17.3. The lowest BCUT2D eigenvalue weighted by atomic mass is 9.97. The van der Waals surface area contributed by atoms with Gasteiger partial charge >= 0.3 is 0 Å². The van der Waals surface area contributed by atoms with Gasteiger partial charge in [0.25, 0.3) is 0 Å². The summed E-state index contributed by atoms with van der Waals surface area (Å²) >= 11 is 1.80. The van der Waals surface area contributed by atoms with Crippen molar-refractivity contribution in [2.24, 2.45) is 10.9 Å². The van der Waals surface area contributed by atoms with Crippen LogP contribution in [0.1, 0.15) is 51.5 Å². The number of piperidine rings is 1. The Morgan fingerprint density at radius 3 is 2.59 bits per heavy atom. The molecule has 1 amide bonds. The van der Waals surface area contributed by atoms with Gasteiger partial charge in [0.05, 0.1) is 12.6 Å². The van der Waals surface area contributed by atoms with Crippen molar-refractivity contribution in [2.45, 2.75) is 52.1 Å². The smallest absolute Gasteiger partial charge is 0.239 e. The van der Waals surface area contributed by atoms with E-state index >= 15 is 0 Å². The number of hydrogen-bond donors (Lipinski definition) is 3. The van der Waals surface area contributed by atoms with Crippen LogP contribution >= 0.6 is 11.3 Å². The van der Waals surface area contributed by atoms with Gasteiger partial charge in [0.1, 0.15) is 0 Å². The van der Waals surface area contributed by atoms with Crippen molar-refractivity contribution in [1.82, 2.24) is 20.9 Å². The number of aliphatic imine (C=N–C) groups is 1. The highest BCUT2D eigenvalue weighted by Crippen LogP contribution is 2.28. The zero-order chi connectivity index (χ0) is 19.9. The number of nitrogens with zero attached hydrogens (tertiary/aromatic N) is 2. The summed E-state index contributed by atoms with van der Waals surface area (Å²) in [6.45, 7) is 11.5. The van der Waals surface area contributed by atoms with E-state index in [1.165, 1.54) is 17.7 Å². The first-order valence-electron chi connectivity index (χ1n) is 9.81. The minimum Gasteiger partial charge on any atom is -0.354 e. The van der Waals surface area contributed by atoms with Crippen molar-refractivity contribution in [3.8, 4) is 0 Å². The summed E-state index contributed by atoms with van der Waals surface area (Å²) in [5, 5.41) is 11.6. The summed E-state index contributed by atoms with van der Waals surface area (Å²) in [5.41, 5.74) is -0.231. The van der Waals surface area contributed by atoms with Gasteiger partial charge in [0.15, 0.2) is 5.96 Å². The Morgan fingerprint density at radius 1 is 1.33 bits per heavy atom. The number of likely N-dealkylation sites (tertiary alicyclic amines) is 1. The number of carbonyl (C=O) groups is 1. The lowest BCUT2D eigenvalue weighted by Gasteiger charge is -2.36. The van der Waals surface area contributed by atoms with Gasteiger partial charge in [-0.05, 0) is 64.1 Å². The van der Waals surface area contributed by atoms with E-state index in [4.69, 9.17) is 0 Å². The van der Waals surface area contributed by atoms with Crippen molar-refractivity contribution in [1.29, 1.82) is 0 Å². The maximum absolute atomic E-state index is 12.0. The lowest BCUT2D eigenvalue weighted by molar-refractivity contribution is -0.121. The molecule has 1 aromatic rings. The molecule has 1 fully saturated rings. The number of hydrogen-bond acceptors (Lipinski definition) is 4. The molecule has 0 radical (unpaired) electrons. The van der Waals surface area contributed by atoms with E-state index in [1.807, 2.05) is 20.8 Å². The summed E-state index contributed by atoms with van der Waals surface area (Å²) in [5.74, 6) is 1.44. The van der Waals surface area contributed by atoms with Crippen molar-refractivity contribution in [3.05, 3.63) is 22.4 Å². The van der Waals surface area contributed by atoms with Gasteiger partial charge in [-0.3, -0.25) is 14.7 Å². The van der Waals surface area contributed by atoms with E-state index in [0.29, 0.717) is 12.0 Å². The van der Waals surface area contributed by atoms with Crippen LogP contribution in [0.25, 0.3) is 0 Å². The Kier molecular flexibility index (Phi) is 8.10. The fourth-order valence-electron chi connectivity index (χ4n) is 3.27. The zero-order valence-corrected chi connectivity index (χ0v) is 18.2. The van der Waals surface area contributed by atoms with Crippen LogP contribution in [0.15, 0.2) is 22.5 Å². The molecule has 1 aromatic heterocycles. The van der Waals surface area contributed by atoms with Crippen molar-refractivity contribution in [3.63, 3.8) is 0 Å². The van der Waals surface area contributed by atoms with Crippen molar-refractivity contribution < 1.29 is 4.79 Å². The van der Waals surface area contributed by atoms with Gasteiger partial charge in [0, 0.05) is 24.0 Å². The molecule has 1 atom stereocenters. The molecule has 0 bridgehead atoms. The Morgan fingerprint density at radius 2 is 2.04 bits per heavy atom. The largest absolute Gasteiger partial charge is 0.354 e. The summed E-state index contributed by atoms with van der Waals surface area (Å²) < 4.78 is 0. The average Bonchev–Trinajstić information content (AvgIpc) is 3.12. The first kappa shape index (κ1) is 21.7. The van der Waals surface area contributed by atoms with Crippen LogP contribution in [0.2, 0.25) is 0 Å². The van der Waals surface area contributed by atoms with Crippen molar-refractivity contribution in [2.75, 3.05) is 33.2 Å². The third-order valence-electron chi connectivity index (χ3n) is 4.75. The summed E-state index contributed by atoms with van der Waals surface area (Å²) in [4.78, 5) is 20.2. The molecule has 1 unspecified atom stereocenters. The highest BCUT2D eigenvalue weighted by molar-refractivity contribution is 7.10. The monoisotopic (exact) mass is 393 g/mol. The molecule has 1 aliphatic heterocycles. The van der Waals surface area contributed by atoms with Crippen LogP contribution in [-0.4, -0.2) is 55.5 Å². The Hall–Kier alpha value is -1.60. The molecule has 2 rings (SSSR count). The molecule has 2 heterocycles. The van der Waals surface area contributed by atoms with Gasteiger partial charge in [-0.2, -0.15) is 0 Å². The van der Waals surface area contributed by atoms with E-state index in [1.54, 1.807) is 18.4 Å². The molecule has 0 saturated carbocycles. The highest BCUT2D eigenvalue weighted by Gasteiger charge is 2.25.